The summed E-state index contributed by atoms with van der Waals surface area (Å²) in [6.07, 6.45) is 1.00. The molecule has 0 fully saturated rings. The zero-order chi connectivity index (χ0) is 12.7. The van der Waals surface area contributed by atoms with Crippen molar-refractivity contribution in [1.29, 1.82) is 0 Å². The number of hydrogen-bond acceptors (Lipinski definition) is 2. The fraction of sp³-hybridized carbons (Fsp3) is 0.500. The fourth-order valence-electron chi connectivity index (χ4n) is 1.39. The Bertz CT molecular complexity index is 335. The molecule has 96 valence electrons. The molecule has 0 aliphatic rings. The van der Waals surface area contributed by atoms with E-state index < -0.39 is 17.5 Å². The van der Waals surface area contributed by atoms with Crippen LogP contribution >= 0.6 is 11.8 Å². The first-order chi connectivity index (χ1) is 8.15. The van der Waals surface area contributed by atoms with Gasteiger partial charge in [-0.3, -0.25) is 0 Å². The van der Waals surface area contributed by atoms with Crippen LogP contribution in [0.15, 0.2) is 12.1 Å². The van der Waals surface area contributed by atoms with Crippen LogP contribution in [0.2, 0.25) is 0 Å². The van der Waals surface area contributed by atoms with Crippen molar-refractivity contribution in [2.75, 3.05) is 18.1 Å². The van der Waals surface area contributed by atoms with Crippen LogP contribution in [0.5, 0.6) is 0 Å². The SMILES string of the molecule is CCSCCCNCc1cc(F)c(F)c(F)c1. The van der Waals surface area contributed by atoms with E-state index in [9.17, 15) is 13.2 Å². The largest absolute Gasteiger partial charge is 0.313 e. The Kier molecular flexibility index (Phi) is 6.44. The van der Waals surface area contributed by atoms with Crippen molar-refractivity contribution >= 4 is 11.8 Å². The van der Waals surface area contributed by atoms with Crippen LogP contribution in [0.4, 0.5) is 13.2 Å². The van der Waals surface area contributed by atoms with Crippen molar-refractivity contribution in [2.45, 2.75) is 19.9 Å². The van der Waals surface area contributed by atoms with Crippen LogP contribution in [-0.4, -0.2) is 18.1 Å². The normalized spacial score (nSPS) is 10.8. The molecule has 0 saturated carbocycles. The lowest BCUT2D eigenvalue weighted by atomic mass is 10.2. The number of benzene rings is 1. The van der Waals surface area contributed by atoms with Crippen LogP contribution in [0, 0.1) is 17.5 Å². The molecule has 5 heteroatoms. The Hall–Kier alpha value is -0.680. The maximum absolute atomic E-state index is 12.9. The molecule has 1 nitrogen and oxygen atoms in total. The summed E-state index contributed by atoms with van der Waals surface area (Å²) >= 11 is 1.85. The molecule has 1 N–H and O–H groups in total. The van der Waals surface area contributed by atoms with Gasteiger partial charge in [0.25, 0.3) is 0 Å². The molecule has 1 aromatic rings. The smallest absolute Gasteiger partial charge is 0.194 e. The predicted octanol–water partition coefficient (Wildman–Crippen LogP) is 3.34. The van der Waals surface area contributed by atoms with E-state index in [1.165, 1.54) is 0 Å². The average Bonchev–Trinajstić information content (AvgIpc) is 2.30. The molecule has 1 aromatic carbocycles. The Labute approximate surface area is 104 Å². The standard InChI is InChI=1S/C12H16F3NS/c1-2-17-5-3-4-16-8-9-6-10(13)12(15)11(14)7-9/h6-7,16H,2-5,8H2,1H3. The van der Waals surface area contributed by atoms with Crippen molar-refractivity contribution in [3.8, 4) is 0 Å². The van der Waals surface area contributed by atoms with Crippen molar-refractivity contribution in [3.05, 3.63) is 35.1 Å². The highest BCUT2D eigenvalue weighted by Gasteiger charge is 2.09. The molecule has 17 heavy (non-hydrogen) atoms. The molecule has 0 atom stereocenters. The van der Waals surface area contributed by atoms with Gasteiger partial charge in [0.1, 0.15) is 0 Å². The summed E-state index contributed by atoms with van der Waals surface area (Å²) in [4.78, 5) is 0. The Morgan fingerprint density at radius 2 is 1.82 bits per heavy atom. The molecule has 0 bridgehead atoms. The van der Waals surface area contributed by atoms with E-state index in [1.807, 2.05) is 11.8 Å². The van der Waals surface area contributed by atoms with Crippen molar-refractivity contribution in [2.24, 2.45) is 0 Å². The summed E-state index contributed by atoms with van der Waals surface area (Å²) in [5.74, 6) is -1.52. The van der Waals surface area contributed by atoms with Gasteiger partial charge in [0.05, 0.1) is 0 Å². The average molecular weight is 263 g/mol. The summed E-state index contributed by atoms with van der Waals surface area (Å²) in [7, 11) is 0. The Morgan fingerprint density at radius 3 is 2.41 bits per heavy atom. The number of halogens is 3. The molecule has 0 aromatic heterocycles. The van der Waals surface area contributed by atoms with Gasteiger partial charge in [-0.25, -0.2) is 13.2 Å². The lowest BCUT2D eigenvalue weighted by molar-refractivity contribution is 0.444. The zero-order valence-electron chi connectivity index (χ0n) is 9.73. The first-order valence-corrected chi connectivity index (χ1v) is 6.72. The highest BCUT2D eigenvalue weighted by Crippen LogP contribution is 2.13. The topological polar surface area (TPSA) is 12.0 Å². The number of rotatable bonds is 7. The van der Waals surface area contributed by atoms with Gasteiger partial charge in [0.15, 0.2) is 17.5 Å². The fourth-order valence-corrected chi connectivity index (χ4v) is 2.02. The van der Waals surface area contributed by atoms with Crippen LogP contribution in [0.1, 0.15) is 18.9 Å². The summed E-state index contributed by atoms with van der Waals surface area (Å²) in [5, 5.41) is 3.07. The summed E-state index contributed by atoms with van der Waals surface area (Å²) in [6.45, 7) is 3.24. The number of nitrogens with one attached hydrogen (secondary N) is 1. The van der Waals surface area contributed by atoms with Gasteiger partial charge in [0.2, 0.25) is 0 Å². The first-order valence-electron chi connectivity index (χ1n) is 5.57. The van der Waals surface area contributed by atoms with Crippen LogP contribution in [0.3, 0.4) is 0 Å². The van der Waals surface area contributed by atoms with Gasteiger partial charge in [0, 0.05) is 6.54 Å². The minimum Gasteiger partial charge on any atom is -0.313 e. The van der Waals surface area contributed by atoms with E-state index in [4.69, 9.17) is 0 Å². The number of thioether (sulfide) groups is 1. The first kappa shape index (κ1) is 14.4. The number of hydrogen-bond donors (Lipinski definition) is 1. The third-order valence-electron chi connectivity index (χ3n) is 2.22. The minimum absolute atomic E-state index is 0.352. The molecule has 0 saturated heterocycles. The van der Waals surface area contributed by atoms with Gasteiger partial charge < -0.3 is 5.32 Å². The van der Waals surface area contributed by atoms with E-state index in [1.54, 1.807) is 0 Å². The molecule has 0 aliphatic heterocycles. The third kappa shape index (κ3) is 5.00. The van der Waals surface area contributed by atoms with E-state index in [0.717, 1.165) is 36.6 Å². The molecule has 0 radical (unpaired) electrons. The third-order valence-corrected chi connectivity index (χ3v) is 3.20. The van der Waals surface area contributed by atoms with Crippen LogP contribution in [-0.2, 0) is 6.54 Å². The Morgan fingerprint density at radius 1 is 1.18 bits per heavy atom. The Balaban J connectivity index is 2.32. The second-order valence-corrected chi connectivity index (χ2v) is 4.99. The highest BCUT2D eigenvalue weighted by molar-refractivity contribution is 7.99. The zero-order valence-corrected chi connectivity index (χ0v) is 10.5. The molecule has 0 heterocycles. The predicted molar refractivity (Wildman–Crippen MR) is 65.6 cm³/mol. The van der Waals surface area contributed by atoms with Crippen LogP contribution in [0.25, 0.3) is 0 Å². The lowest BCUT2D eigenvalue weighted by Gasteiger charge is -2.05. The second kappa shape index (κ2) is 7.61. The molecule has 0 aliphatic carbocycles. The summed E-state index contributed by atoms with van der Waals surface area (Å²) in [6, 6.07) is 2.04. The van der Waals surface area contributed by atoms with E-state index in [2.05, 4.69) is 12.2 Å². The van der Waals surface area contributed by atoms with Crippen molar-refractivity contribution in [1.82, 2.24) is 5.32 Å². The second-order valence-electron chi connectivity index (χ2n) is 3.60. The highest BCUT2D eigenvalue weighted by atomic mass is 32.2. The maximum atomic E-state index is 12.9. The molecule has 0 amide bonds. The molecule has 0 spiro atoms. The van der Waals surface area contributed by atoms with Crippen molar-refractivity contribution in [3.63, 3.8) is 0 Å². The molecule has 0 unspecified atom stereocenters. The maximum Gasteiger partial charge on any atom is 0.194 e. The molecular weight excluding hydrogens is 247 g/mol. The van der Waals surface area contributed by atoms with Gasteiger partial charge in [-0.15, -0.1) is 0 Å². The molecular formula is C12H16F3NS. The van der Waals surface area contributed by atoms with E-state index in [0.29, 0.717) is 12.1 Å². The summed E-state index contributed by atoms with van der Waals surface area (Å²) < 4.78 is 38.4. The van der Waals surface area contributed by atoms with E-state index >= 15 is 0 Å². The van der Waals surface area contributed by atoms with Gasteiger partial charge >= 0.3 is 0 Å². The minimum atomic E-state index is -1.41. The van der Waals surface area contributed by atoms with Gasteiger partial charge in [-0.2, -0.15) is 11.8 Å². The quantitative estimate of drug-likeness (QED) is 0.598. The summed E-state index contributed by atoms with van der Waals surface area (Å²) in [5.41, 5.74) is 0.421. The molecule has 1 rings (SSSR count). The monoisotopic (exact) mass is 263 g/mol. The van der Waals surface area contributed by atoms with E-state index in [-0.39, 0.29) is 0 Å². The van der Waals surface area contributed by atoms with Gasteiger partial charge in [-0.1, -0.05) is 6.92 Å². The van der Waals surface area contributed by atoms with Crippen molar-refractivity contribution < 1.29 is 13.2 Å². The van der Waals surface area contributed by atoms with Crippen LogP contribution < -0.4 is 5.32 Å². The van der Waals surface area contributed by atoms with Gasteiger partial charge in [-0.05, 0) is 42.2 Å². The lowest BCUT2D eigenvalue weighted by Crippen LogP contribution is -2.15.